The molecule has 1 aromatic carbocycles. The lowest BCUT2D eigenvalue weighted by Crippen LogP contribution is -2.36. The van der Waals surface area contributed by atoms with E-state index < -0.39 is 0 Å². The molecule has 0 aliphatic rings. The van der Waals surface area contributed by atoms with E-state index in [1.807, 2.05) is 0 Å². The molecule has 2 unspecified atom stereocenters. The third kappa shape index (κ3) is 4.14. The van der Waals surface area contributed by atoms with Crippen LogP contribution in [0, 0.1) is 13.8 Å². The van der Waals surface area contributed by atoms with Crippen LogP contribution >= 0.6 is 0 Å². The summed E-state index contributed by atoms with van der Waals surface area (Å²) in [5.74, 6) is 0. The summed E-state index contributed by atoms with van der Waals surface area (Å²) in [6, 6.07) is 7.66. The minimum atomic E-state index is 0.415. The smallest absolute Gasteiger partial charge is 0.0295 e. The van der Waals surface area contributed by atoms with Gasteiger partial charge in [0.1, 0.15) is 0 Å². The van der Waals surface area contributed by atoms with E-state index in [-0.39, 0.29) is 0 Å². The van der Waals surface area contributed by atoms with Gasteiger partial charge in [0.2, 0.25) is 0 Å². The molecule has 1 rings (SSSR count). The molecule has 96 valence electrons. The summed E-state index contributed by atoms with van der Waals surface area (Å²) in [6.07, 6.45) is 0. The molecule has 1 aromatic rings. The molecule has 0 saturated heterocycles. The number of nitrogens with one attached hydrogen (secondary N) is 1. The predicted molar refractivity (Wildman–Crippen MR) is 75.5 cm³/mol. The van der Waals surface area contributed by atoms with Crippen molar-refractivity contribution < 1.29 is 0 Å². The Morgan fingerprint density at radius 1 is 1.18 bits per heavy atom. The zero-order valence-corrected chi connectivity index (χ0v) is 12.0. The third-order valence-electron chi connectivity index (χ3n) is 3.49. The maximum atomic E-state index is 3.60. The van der Waals surface area contributed by atoms with Crippen molar-refractivity contribution in [1.29, 1.82) is 0 Å². The topological polar surface area (TPSA) is 15.3 Å². The molecule has 0 amide bonds. The van der Waals surface area contributed by atoms with Crippen molar-refractivity contribution in [2.24, 2.45) is 0 Å². The van der Waals surface area contributed by atoms with Gasteiger partial charge in [-0.25, -0.2) is 0 Å². The molecule has 2 nitrogen and oxygen atoms in total. The Hall–Kier alpha value is -0.860. The second kappa shape index (κ2) is 6.18. The van der Waals surface area contributed by atoms with Gasteiger partial charge in [-0.3, -0.25) is 0 Å². The highest BCUT2D eigenvalue weighted by molar-refractivity contribution is 5.32. The molecular weight excluding hydrogens is 208 g/mol. The Morgan fingerprint density at radius 3 is 2.35 bits per heavy atom. The van der Waals surface area contributed by atoms with Gasteiger partial charge in [0.15, 0.2) is 0 Å². The average molecular weight is 234 g/mol. The quantitative estimate of drug-likeness (QED) is 0.842. The van der Waals surface area contributed by atoms with Crippen molar-refractivity contribution in [1.82, 2.24) is 10.2 Å². The van der Waals surface area contributed by atoms with Crippen LogP contribution in [-0.4, -0.2) is 31.6 Å². The van der Waals surface area contributed by atoms with Crippen molar-refractivity contribution in [3.63, 3.8) is 0 Å². The van der Waals surface area contributed by atoms with E-state index in [2.05, 4.69) is 70.2 Å². The second-order valence-electron chi connectivity index (χ2n) is 5.30. The summed E-state index contributed by atoms with van der Waals surface area (Å²) in [5, 5.41) is 3.60. The lowest BCUT2D eigenvalue weighted by molar-refractivity contribution is 0.295. The van der Waals surface area contributed by atoms with Gasteiger partial charge in [0.25, 0.3) is 0 Å². The summed E-state index contributed by atoms with van der Waals surface area (Å²) in [7, 11) is 4.24. The normalized spacial score (nSPS) is 15.0. The molecule has 0 heterocycles. The maximum Gasteiger partial charge on any atom is 0.0295 e. The van der Waals surface area contributed by atoms with E-state index in [0.717, 1.165) is 6.54 Å². The first-order chi connectivity index (χ1) is 7.91. The number of aryl methyl sites for hydroxylation is 2. The van der Waals surface area contributed by atoms with Crippen LogP contribution in [0.25, 0.3) is 0 Å². The molecule has 2 heteroatoms. The molecule has 17 heavy (non-hydrogen) atoms. The standard InChI is InChI=1S/C15H26N2/c1-11-7-8-15(12(2)9-11)14(4)16-10-13(3)17(5)6/h7-9,13-14,16H,10H2,1-6H3. The van der Waals surface area contributed by atoms with Gasteiger partial charge in [-0.15, -0.1) is 0 Å². The molecular formula is C15H26N2. The first kappa shape index (κ1) is 14.2. The van der Waals surface area contributed by atoms with Crippen molar-refractivity contribution in [2.75, 3.05) is 20.6 Å². The summed E-state index contributed by atoms with van der Waals surface area (Å²) in [5.41, 5.74) is 4.11. The number of hydrogen-bond donors (Lipinski definition) is 1. The molecule has 0 fully saturated rings. The van der Waals surface area contributed by atoms with Crippen LogP contribution in [0.5, 0.6) is 0 Å². The number of likely N-dealkylation sites (N-methyl/N-ethyl adjacent to an activating group) is 1. The summed E-state index contributed by atoms with van der Waals surface area (Å²) >= 11 is 0. The highest BCUT2D eigenvalue weighted by atomic mass is 15.1. The lowest BCUT2D eigenvalue weighted by atomic mass is 10.00. The molecule has 0 saturated carbocycles. The first-order valence-corrected chi connectivity index (χ1v) is 6.38. The molecule has 0 aliphatic heterocycles. The van der Waals surface area contributed by atoms with E-state index in [4.69, 9.17) is 0 Å². The fourth-order valence-corrected chi connectivity index (χ4v) is 1.95. The van der Waals surface area contributed by atoms with E-state index in [1.54, 1.807) is 0 Å². The fourth-order valence-electron chi connectivity index (χ4n) is 1.95. The number of rotatable bonds is 5. The van der Waals surface area contributed by atoms with Crippen LogP contribution in [0.4, 0.5) is 0 Å². The zero-order valence-electron chi connectivity index (χ0n) is 12.0. The summed E-state index contributed by atoms with van der Waals surface area (Å²) < 4.78 is 0. The Labute approximate surface area is 106 Å². The van der Waals surface area contributed by atoms with Gasteiger partial charge in [-0.05, 0) is 52.9 Å². The molecule has 2 atom stereocenters. The molecule has 1 N–H and O–H groups in total. The van der Waals surface area contributed by atoms with E-state index in [1.165, 1.54) is 16.7 Å². The number of nitrogens with zero attached hydrogens (tertiary/aromatic N) is 1. The average Bonchev–Trinajstić information content (AvgIpc) is 2.25. The highest BCUT2D eigenvalue weighted by Crippen LogP contribution is 2.18. The predicted octanol–water partition coefficient (Wildman–Crippen LogP) is 2.90. The number of benzene rings is 1. The minimum Gasteiger partial charge on any atom is -0.309 e. The summed E-state index contributed by atoms with van der Waals surface area (Å²) in [6.45, 7) is 9.82. The van der Waals surface area contributed by atoms with Crippen LogP contribution in [0.2, 0.25) is 0 Å². The van der Waals surface area contributed by atoms with Gasteiger partial charge >= 0.3 is 0 Å². The number of hydrogen-bond acceptors (Lipinski definition) is 2. The zero-order chi connectivity index (χ0) is 13.0. The van der Waals surface area contributed by atoms with Gasteiger partial charge < -0.3 is 10.2 Å². The molecule has 0 bridgehead atoms. The van der Waals surface area contributed by atoms with E-state index in [9.17, 15) is 0 Å². The van der Waals surface area contributed by atoms with Crippen LogP contribution < -0.4 is 5.32 Å². The minimum absolute atomic E-state index is 0.415. The van der Waals surface area contributed by atoms with Crippen molar-refractivity contribution in [3.8, 4) is 0 Å². The van der Waals surface area contributed by atoms with Crippen molar-refractivity contribution >= 4 is 0 Å². The summed E-state index contributed by atoms with van der Waals surface area (Å²) in [4.78, 5) is 2.24. The van der Waals surface area contributed by atoms with Crippen LogP contribution in [0.1, 0.15) is 36.6 Å². The van der Waals surface area contributed by atoms with Crippen molar-refractivity contribution in [3.05, 3.63) is 34.9 Å². The van der Waals surface area contributed by atoms with Crippen molar-refractivity contribution in [2.45, 2.75) is 39.8 Å². The Balaban J connectivity index is 2.61. The monoisotopic (exact) mass is 234 g/mol. The van der Waals surface area contributed by atoms with Crippen LogP contribution in [0.3, 0.4) is 0 Å². The van der Waals surface area contributed by atoms with Gasteiger partial charge in [0.05, 0.1) is 0 Å². The molecule has 0 aromatic heterocycles. The Kier molecular flexibility index (Phi) is 5.16. The first-order valence-electron chi connectivity index (χ1n) is 6.38. The fraction of sp³-hybridized carbons (Fsp3) is 0.600. The van der Waals surface area contributed by atoms with Crippen LogP contribution in [0.15, 0.2) is 18.2 Å². The SMILES string of the molecule is Cc1ccc(C(C)NCC(C)N(C)C)c(C)c1. The van der Waals surface area contributed by atoms with Crippen LogP contribution in [-0.2, 0) is 0 Å². The Bertz CT molecular complexity index is 358. The third-order valence-corrected chi connectivity index (χ3v) is 3.49. The van der Waals surface area contributed by atoms with Gasteiger partial charge in [-0.1, -0.05) is 23.8 Å². The lowest BCUT2D eigenvalue weighted by Gasteiger charge is -2.24. The van der Waals surface area contributed by atoms with E-state index in [0.29, 0.717) is 12.1 Å². The molecule has 0 spiro atoms. The maximum absolute atomic E-state index is 3.60. The van der Waals surface area contributed by atoms with Gasteiger partial charge in [-0.2, -0.15) is 0 Å². The highest BCUT2D eigenvalue weighted by Gasteiger charge is 2.10. The molecule has 0 aliphatic carbocycles. The second-order valence-corrected chi connectivity index (χ2v) is 5.30. The van der Waals surface area contributed by atoms with E-state index >= 15 is 0 Å². The molecule has 0 radical (unpaired) electrons. The van der Waals surface area contributed by atoms with Gasteiger partial charge in [0, 0.05) is 18.6 Å². The Morgan fingerprint density at radius 2 is 1.82 bits per heavy atom. The largest absolute Gasteiger partial charge is 0.309 e.